The fourth-order valence-electron chi connectivity index (χ4n) is 3.07. The zero-order valence-corrected chi connectivity index (χ0v) is 15.9. The van der Waals surface area contributed by atoms with Crippen molar-refractivity contribution in [3.63, 3.8) is 0 Å². The summed E-state index contributed by atoms with van der Waals surface area (Å²) in [5.74, 6) is 0.311. The number of carbonyl (C=O) groups excluding carboxylic acids is 1. The normalized spacial score (nSPS) is 10.5. The Kier molecular flexibility index (Phi) is 5.81. The summed E-state index contributed by atoms with van der Waals surface area (Å²) >= 11 is 0. The first-order valence-electron chi connectivity index (χ1n) is 9.02. The molecule has 5 heteroatoms. The number of rotatable bonds is 6. The van der Waals surface area contributed by atoms with E-state index in [0.29, 0.717) is 18.1 Å². The first-order chi connectivity index (χ1) is 13.0. The predicted octanol–water partition coefficient (Wildman–Crippen LogP) is 4.12. The molecule has 0 saturated carbocycles. The summed E-state index contributed by atoms with van der Waals surface area (Å²) in [7, 11) is 0. The Morgan fingerprint density at radius 2 is 1.59 bits per heavy atom. The third-order valence-electron chi connectivity index (χ3n) is 4.37. The molecular weight excluding hydrogens is 336 g/mol. The van der Waals surface area contributed by atoms with E-state index >= 15 is 0 Å². The summed E-state index contributed by atoms with van der Waals surface area (Å²) in [6.07, 6.45) is 3.89. The van der Waals surface area contributed by atoms with Crippen LogP contribution in [0.2, 0.25) is 0 Å². The summed E-state index contributed by atoms with van der Waals surface area (Å²) in [6, 6.07) is 14.3. The van der Waals surface area contributed by atoms with Gasteiger partial charge in [0, 0.05) is 24.6 Å². The topological polar surface area (TPSA) is 66.9 Å². The summed E-state index contributed by atoms with van der Waals surface area (Å²) in [6.45, 7) is 6.75. The highest BCUT2D eigenvalue weighted by Gasteiger charge is 2.09. The second-order valence-electron chi connectivity index (χ2n) is 6.69. The average molecular weight is 360 g/mol. The number of nitrogens with zero attached hydrogens (tertiary/aromatic N) is 2. The molecule has 0 spiro atoms. The van der Waals surface area contributed by atoms with Crippen molar-refractivity contribution in [1.82, 2.24) is 15.3 Å². The quantitative estimate of drug-likeness (QED) is 0.694. The maximum absolute atomic E-state index is 12.2. The van der Waals surface area contributed by atoms with Crippen molar-refractivity contribution < 1.29 is 4.79 Å². The van der Waals surface area contributed by atoms with Crippen molar-refractivity contribution in [1.29, 1.82) is 0 Å². The van der Waals surface area contributed by atoms with Crippen molar-refractivity contribution in [3.8, 4) is 0 Å². The van der Waals surface area contributed by atoms with Gasteiger partial charge in [0.05, 0.1) is 5.56 Å². The van der Waals surface area contributed by atoms with Crippen molar-refractivity contribution in [2.45, 2.75) is 27.2 Å². The van der Waals surface area contributed by atoms with Crippen molar-refractivity contribution in [2.24, 2.45) is 0 Å². The minimum atomic E-state index is -0.167. The van der Waals surface area contributed by atoms with Gasteiger partial charge in [-0.3, -0.25) is 4.79 Å². The summed E-state index contributed by atoms with van der Waals surface area (Å²) in [4.78, 5) is 20.8. The van der Waals surface area contributed by atoms with E-state index < -0.39 is 0 Å². The van der Waals surface area contributed by atoms with Crippen LogP contribution >= 0.6 is 0 Å². The van der Waals surface area contributed by atoms with Gasteiger partial charge in [0.25, 0.3) is 5.91 Å². The van der Waals surface area contributed by atoms with Crippen LogP contribution in [0.4, 0.5) is 11.6 Å². The number of aromatic nitrogens is 2. The second kappa shape index (κ2) is 8.45. The van der Waals surface area contributed by atoms with Crippen LogP contribution < -0.4 is 10.6 Å². The molecule has 0 atom stereocenters. The monoisotopic (exact) mass is 360 g/mol. The molecule has 2 aromatic carbocycles. The van der Waals surface area contributed by atoms with Crippen molar-refractivity contribution in [3.05, 3.63) is 82.7 Å². The zero-order valence-electron chi connectivity index (χ0n) is 15.9. The molecule has 2 N–H and O–H groups in total. The maximum Gasteiger partial charge on any atom is 0.254 e. The molecule has 0 unspecified atom stereocenters. The molecule has 5 nitrogen and oxygen atoms in total. The van der Waals surface area contributed by atoms with Crippen LogP contribution in [-0.4, -0.2) is 22.4 Å². The standard InChI is InChI=1S/C22H24N4O/c1-15-11-16(2)20(17(3)12-15)26-22-24-13-19(14-25-22)21(27)23-10-9-18-7-5-4-6-8-18/h4-8,11-14H,9-10H2,1-3H3,(H,23,27)(H,24,25,26). The lowest BCUT2D eigenvalue weighted by Crippen LogP contribution is -2.26. The first-order valence-corrected chi connectivity index (χ1v) is 9.02. The molecule has 3 aromatic rings. The minimum absolute atomic E-state index is 0.167. The highest BCUT2D eigenvalue weighted by molar-refractivity contribution is 5.93. The number of aryl methyl sites for hydroxylation is 3. The minimum Gasteiger partial charge on any atom is -0.352 e. The summed E-state index contributed by atoms with van der Waals surface area (Å²) < 4.78 is 0. The molecule has 0 radical (unpaired) electrons. The fourth-order valence-corrected chi connectivity index (χ4v) is 3.07. The Balaban J connectivity index is 1.59. The maximum atomic E-state index is 12.2. The van der Waals surface area contributed by atoms with Gasteiger partial charge in [-0.1, -0.05) is 48.0 Å². The van der Waals surface area contributed by atoms with E-state index in [4.69, 9.17) is 0 Å². The van der Waals surface area contributed by atoms with E-state index in [-0.39, 0.29) is 5.91 Å². The zero-order chi connectivity index (χ0) is 19.2. The third-order valence-corrected chi connectivity index (χ3v) is 4.37. The molecule has 3 rings (SSSR count). The number of nitrogens with one attached hydrogen (secondary N) is 2. The van der Waals surface area contributed by atoms with Gasteiger partial charge in [0.1, 0.15) is 0 Å². The SMILES string of the molecule is Cc1cc(C)c(Nc2ncc(C(=O)NCCc3ccccc3)cn2)c(C)c1. The summed E-state index contributed by atoms with van der Waals surface area (Å²) in [5, 5.41) is 6.15. The molecule has 0 saturated heterocycles. The Labute approximate surface area is 159 Å². The highest BCUT2D eigenvalue weighted by atomic mass is 16.1. The van der Waals surface area contributed by atoms with Crippen molar-refractivity contribution >= 4 is 17.5 Å². The number of hydrogen-bond acceptors (Lipinski definition) is 4. The van der Waals surface area contributed by atoms with E-state index in [1.807, 2.05) is 30.3 Å². The van der Waals surface area contributed by atoms with Gasteiger partial charge < -0.3 is 10.6 Å². The largest absolute Gasteiger partial charge is 0.352 e. The smallest absolute Gasteiger partial charge is 0.254 e. The van der Waals surface area contributed by atoms with Crippen LogP contribution in [0.5, 0.6) is 0 Å². The number of carbonyl (C=O) groups is 1. The van der Waals surface area contributed by atoms with Gasteiger partial charge in [-0.15, -0.1) is 0 Å². The van der Waals surface area contributed by atoms with Gasteiger partial charge in [-0.05, 0) is 43.9 Å². The predicted molar refractivity (Wildman–Crippen MR) is 108 cm³/mol. The molecular formula is C22H24N4O. The third kappa shape index (κ3) is 4.91. The van der Waals surface area contributed by atoms with Gasteiger partial charge in [-0.2, -0.15) is 0 Å². The fraction of sp³-hybridized carbons (Fsp3) is 0.227. The number of hydrogen-bond donors (Lipinski definition) is 2. The molecule has 27 heavy (non-hydrogen) atoms. The lowest BCUT2D eigenvalue weighted by Gasteiger charge is -2.12. The number of amides is 1. The molecule has 0 aliphatic carbocycles. The lowest BCUT2D eigenvalue weighted by molar-refractivity contribution is 0.0953. The van der Waals surface area contributed by atoms with Crippen LogP contribution in [-0.2, 0) is 6.42 Å². The number of anilines is 2. The van der Waals surface area contributed by atoms with Crippen LogP contribution in [0.1, 0.15) is 32.6 Å². The second-order valence-corrected chi connectivity index (χ2v) is 6.69. The summed E-state index contributed by atoms with van der Waals surface area (Å²) in [5.41, 5.74) is 6.14. The van der Waals surface area contributed by atoms with Gasteiger partial charge in [-0.25, -0.2) is 9.97 Å². The van der Waals surface area contributed by atoms with E-state index in [9.17, 15) is 4.79 Å². The Morgan fingerprint density at radius 1 is 0.963 bits per heavy atom. The molecule has 1 amide bonds. The van der Waals surface area contributed by atoms with Crippen LogP contribution in [0.25, 0.3) is 0 Å². The highest BCUT2D eigenvalue weighted by Crippen LogP contribution is 2.24. The van der Waals surface area contributed by atoms with Gasteiger partial charge >= 0.3 is 0 Å². The molecule has 0 aliphatic heterocycles. The van der Waals surface area contributed by atoms with Gasteiger partial charge in [0.15, 0.2) is 0 Å². The average Bonchev–Trinajstić information content (AvgIpc) is 2.66. The Bertz CT molecular complexity index is 898. The molecule has 138 valence electrons. The first kappa shape index (κ1) is 18.6. The number of benzene rings is 2. The van der Waals surface area contributed by atoms with Crippen LogP contribution in [0.3, 0.4) is 0 Å². The van der Waals surface area contributed by atoms with E-state index in [1.54, 1.807) is 12.4 Å². The Morgan fingerprint density at radius 3 is 2.22 bits per heavy atom. The molecule has 0 aliphatic rings. The molecule has 1 aromatic heterocycles. The molecule has 1 heterocycles. The molecule has 0 fully saturated rings. The Hall–Kier alpha value is -3.21. The van der Waals surface area contributed by atoms with Gasteiger partial charge in [0.2, 0.25) is 5.95 Å². The molecule has 0 bridgehead atoms. The van der Waals surface area contributed by atoms with E-state index in [1.165, 1.54) is 11.1 Å². The van der Waals surface area contributed by atoms with E-state index in [2.05, 4.69) is 53.5 Å². The lowest BCUT2D eigenvalue weighted by atomic mass is 10.1. The van der Waals surface area contributed by atoms with Crippen LogP contribution in [0, 0.1) is 20.8 Å². The van der Waals surface area contributed by atoms with E-state index in [0.717, 1.165) is 23.2 Å². The van der Waals surface area contributed by atoms with Crippen LogP contribution in [0.15, 0.2) is 54.9 Å². The van der Waals surface area contributed by atoms with Crippen molar-refractivity contribution in [2.75, 3.05) is 11.9 Å².